The lowest BCUT2D eigenvalue weighted by atomic mass is 10.2. The molecule has 30 heavy (non-hydrogen) atoms. The summed E-state index contributed by atoms with van der Waals surface area (Å²) >= 11 is 11.8. The molecular formula is C20H17Cl2N5O3. The van der Waals surface area contributed by atoms with Crippen LogP contribution in [0.1, 0.15) is 0 Å². The molecule has 10 heteroatoms. The van der Waals surface area contributed by atoms with Gasteiger partial charge < -0.3 is 15.1 Å². The van der Waals surface area contributed by atoms with E-state index >= 15 is 0 Å². The van der Waals surface area contributed by atoms with Crippen LogP contribution in [-0.4, -0.2) is 41.9 Å². The molecule has 0 aliphatic carbocycles. The van der Waals surface area contributed by atoms with E-state index in [4.69, 9.17) is 23.2 Å². The highest BCUT2D eigenvalue weighted by Gasteiger charge is 2.19. The van der Waals surface area contributed by atoms with Crippen LogP contribution in [0.4, 0.5) is 17.1 Å². The molecule has 1 fully saturated rings. The summed E-state index contributed by atoms with van der Waals surface area (Å²) in [5.41, 5.74) is 0.787. The van der Waals surface area contributed by atoms with Crippen molar-refractivity contribution in [1.82, 2.24) is 4.90 Å². The Morgan fingerprint density at radius 3 is 2.53 bits per heavy atom. The summed E-state index contributed by atoms with van der Waals surface area (Å²) in [6.07, 6.45) is 1.51. The molecule has 8 nitrogen and oxygen atoms in total. The molecule has 154 valence electrons. The number of benzene rings is 2. The van der Waals surface area contributed by atoms with Crippen molar-refractivity contribution >= 4 is 46.2 Å². The van der Waals surface area contributed by atoms with Crippen molar-refractivity contribution in [3.8, 4) is 6.07 Å². The fraction of sp³-hybridized carbons (Fsp3) is 0.200. The quantitative estimate of drug-likeness (QED) is 0.322. The normalized spacial score (nSPS) is 14.2. The summed E-state index contributed by atoms with van der Waals surface area (Å²) in [6, 6.07) is 13.4. The summed E-state index contributed by atoms with van der Waals surface area (Å²) in [4.78, 5) is 26.9. The van der Waals surface area contributed by atoms with E-state index in [0.717, 1.165) is 11.8 Å². The van der Waals surface area contributed by atoms with Crippen molar-refractivity contribution in [2.45, 2.75) is 0 Å². The number of anilines is 2. The second kappa shape index (κ2) is 9.48. The Balaban J connectivity index is 1.65. The van der Waals surface area contributed by atoms with E-state index in [2.05, 4.69) is 10.2 Å². The number of halogens is 2. The molecule has 2 aromatic carbocycles. The summed E-state index contributed by atoms with van der Waals surface area (Å²) in [5.74, 6) is -0.647. The number of carbonyl (C=O) groups excluding carboxylic acids is 1. The van der Waals surface area contributed by atoms with Gasteiger partial charge in [-0.25, -0.2) is 0 Å². The van der Waals surface area contributed by atoms with Gasteiger partial charge in [0.25, 0.3) is 11.6 Å². The van der Waals surface area contributed by atoms with Gasteiger partial charge in [0, 0.05) is 54.8 Å². The maximum Gasteiger partial charge on any atom is 0.289 e. The molecule has 1 aliphatic rings. The van der Waals surface area contributed by atoms with Gasteiger partial charge in [-0.2, -0.15) is 5.26 Å². The molecule has 1 heterocycles. The molecule has 0 unspecified atom stereocenters. The summed E-state index contributed by atoms with van der Waals surface area (Å²) in [6.45, 7) is 2.66. The third-order valence-electron chi connectivity index (χ3n) is 4.57. The van der Waals surface area contributed by atoms with Gasteiger partial charge in [-0.1, -0.05) is 29.3 Å². The number of nitrogens with zero attached hydrogens (tertiary/aromatic N) is 4. The van der Waals surface area contributed by atoms with Crippen molar-refractivity contribution in [2.24, 2.45) is 0 Å². The van der Waals surface area contributed by atoms with E-state index in [1.54, 1.807) is 0 Å². The van der Waals surface area contributed by atoms with Crippen LogP contribution in [0, 0.1) is 21.4 Å². The van der Waals surface area contributed by atoms with Crippen LogP contribution in [0.25, 0.3) is 0 Å². The Labute approximate surface area is 183 Å². The molecule has 0 radical (unpaired) electrons. The van der Waals surface area contributed by atoms with Crippen LogP contribution in [0.3, 0.4) is 0 Å². The highest BCUT2D eigenvalue weighted by atomic mass is 35.5. The fourth-order valence-corrected chi connectivity index (χ4v) is 3.40. The molecule has 1 N–H and O–H groups in total. The molecule has 2 aromatic rings. The number of hydrogen-bond acceptors (Lipinski definition) is 6. The molecule has 0 spiro atoms. The SMILES string of the molecule is N#C/C(=C/N1CCN(c2cccc(Cl)c2)CC1)C(=O)Nc1ccc(Cl)c([N+](=O)[O-])c1. The van der Waals surface area contributed by atoms with Crippen LogP contribution >= 0.6 is 23.2 Å². The molecule has 1 saturated heterocycles. The van der Waals surface area contributed by atoms with Crippen molar-refractivity contribution < 1.29 is 9.72 Å². The number of hydrogen-bond donors (Lipinski definition) is 1. The minimum atomic E-state index is -0.647. The third kappa shape index (κ3) is 5.20. The van der Waals surface area contributed by atoms with Crippen LogP contribution < -0.4 is 10.2 Å². The number of nitro benzene ring substituents is 1. The highest BCUT2D eigenvalue weighted by Crippen LogP contribution is 2.27. The lowest BCUT2D eigenvalue weighted by molar-refractivity contribution is -0.384. The average molecular weight is 446 g/mol. The van der Waals surface area contributed by atoms with Gasteiger partial charge in [0.2, 0.25) is 0 Å². The average Bonchev–Trinajstić information content (AvgIpc) is 2.73. The number of carbonyl (C=O) groups is 1. The number of piperazine rings is 1. The molecule has 3 rings (SSSR count). The smallest absolute Gasteiger partial charge is 0.289 e. The first-order chi connectivity index (χ1) is 14.4. The summed E-state index contributed by atoms with van der Waals surface area (Å²) in [7, 11) is 0. The molecule has 0 bridgehead atoms. The predicted molar refractivity (Wildman–Crippen MR) is 116 cm³/mol. The maximum absolute atomic E-state index is 12.5. The highest BCUT2D eigenvalue weighted by molar-refractivity contribution is 6.32. The Bertz CT molecular complexity index is 1040. The Hall–Kier alpha value is -3.28. The van der Waals surface area contributed by atoms with E-state index in [9.17, 15) is 20.2 Å². The number of nitro groups is 1. The van der Waals surface area contributed by atoms with Gasteiger partial charge >= 0.3 is 0 Å². The standard InChI is InChI=1S/C20H17Cl2N5O3/c21-15-2-1-3-17(10-15)26-8-6-25(7-9-26)13-14(12-23)20(28)24-16-4-5-18(22)19(11-16)27(29)30/h1-5,10-11,13H,6-9H2,(H,24,28)/b14-13-. The largest absolute Gasteiger partial charge is 0.373 e. The van der Waals surface area contributed by atoms with E-state index in [-0.39, 0.29) is 22.0 Å². The van der Waals surface area contributed by atoms with Crippen LogP contribution in [0.5, 0.6) is 0 Å². The van der Waals surface area contributed by atoms with Crippen LogP contribution in [-0.2, 0) is 4.79 Å². The molecule has 1 aliphatic heterocycles. The number of nitriles is 1. The minimum absolute atomic E-state index is 0.0355. The van der Waals surface area contributed by atoms with Crippen molar-refractivity contribution in [1.29, 1.82) is 5.26 Å². The third-order valence-corrected chi connectivity index (χ3v) is 5.12. The number of nitrogens with one attached hydrogen (secondary N) is 1. The Morgan fingerprint density at radius 2 is 1.90 bits per heavy atom. The summed E-state index contributed by atoms with van der Waals surface area (Å²) < 4.78 is 0. The first-order valence-corrected chi connectivity index (χ1v) is 9.75. The van der Waals surface area contributed by atoms with Gasteiger partial charge in [-0.3, -0.25) is 14.9 Å². The van der Waals surface area contributed by atoms with Crippen LogP contribution in [0.2, 0.25) is 10.0 Å². The van der Waals surface area contributed by atoms with E-state index in [1.807, 2.05) is 35.2 Å². The molecule has 0 saturated carbocycles. The lowest BCUT2D eigenvalue weighted by Gasteiger charge is -2.35. The van der Waals surface area contributed by atoms with Crippen molar-refractivity contribution in [3.63, 3.8) is 0 Å². The zero-order valence-electron chi connectivity index (χ0n) is 15.7. The molecule has 1 amide bonds. The van der Waals surface area contributed by atoms with Gasteiger partial charge in [-0.05, 0) is 30.3 Å². The van der Waals surface area contributed by atoms with Gasteiger partial charge in [0.1, 0.15) is 16.7 Å². The second-order valence-electron chi connectivity index (χ2n) is 6.53. The first-order valence-electron chi connectivity index (χ1n) is 8.99. The Kier molecular flexibility index (Phi) is 6.77. The monoisotopic (exact) mass is 445 g/mol. The summed E-state index contributed by atoms with van der Waals surface area (Å²) in [5, 5.41) is 23.5. The topological polar surface area (TPSA) is 103 Å². The fourth-order valence-electron chi connectivity index (χ4n) is 3.03. The maximum atomic E-state index is 12.5. The van der Waals surface area contributed by atoms with Gasteiger partial charge in [0.15, 0.2) is 0 Å². The van der Waals surface area contributed by atoms with Crippen LogP contribution in [0.15, 0.2) is 54.2 Å². The minimum Gasteiger partial charge on any atom is -0.373 e. The van der Waals surface area contributed by atoms with E-state index in [0.29, 0.717) is 31.2 Å². The van der Waals surface area contributed by atoms with Gasteiger partial charge in [0.05, 0.1) is 4.92 Å². The Morgan fingerprint density at radius 1 is 1.17 bits per heavy atom. The second-order valence-corrected chi connectivity index (χ2v) is 7.38. The van der Waals surface area contributed by atoms with Gasteiger partial charge in [-0.15, -0.1) is 0 Å². The zero-order chi connectivity index (χ0) is 21.7. The predicted octanol–water partition coefficient (Wildman–Crippen LogP) is 4.07. The lowest BCUT2D eigenvalue weighted by Crippen LogP contribution is -2.44. The van der Waals surface area contributed by atoms with E-state index in [1.165, 1.54) is 18.3 Å². The number of amides is 1. The van der Waals surface area contributed by atoms with Crippen molar-refractivity contribution in [2.75, 3.05) is 36.4 Å². The first kappa shape index (κ1) is 21.4. The number of rotatable bonds is 5. The molecule has 0 atom stereocenters. The zero-order valence-corrected chi connectivity index (χ0v) is 17.2. The molecular weight excluding hydrogens is 429 g/mol. The van der Waals surface area contributed by atoms with E-state index < -0.39 is 10.8 Å². The van der Waals surface area contributed by atoms with Crippen molar-refractivity contribution in [3.05, 3.63) is 74.4 Å². The molecule has 0 aromatic heterocycles.